The first-order valence-corrected chi connectivity index (χ1v) is 6.61. The molecule has 1 nitrogen and oxygen atoms in total. The SMILES string of the molecule is CC.OCc1ccc(CCc2ccccc2)cc1. The largest absolute Gasteiger partial charge is 0.392 e. The molecule has 2 rings (SSSR count). The Bertz CT molecular complexity index is 417. The summed E-state index contributed by atoms with van der Waals surface area (Å²) in [5.74, 6) is 0. The maximum atomic E-state index is 8.94. The number of rotatable bonds is 4. The van der Waals surface area contributed by atoms with Gasteiger partial charge in [-0.05, 0) is 29.5 Å². The number of aliphatic hydroxyl groups is 1. The first-order chi connectivity index (χ1) is 8.88. The standard InChI is InChI=1S/C15H16O.C2H6/c16-12-15-10-8-14(9-11-15)7-6-13-4-2-1-3-5-13;1-2/h1-5,8-11,16H,6-7,12H2;1-2H3. The van der Waals surface area contributed by atoms with Crippen LogP contribution < -0.4 is 0 Å². The van der Waals surface area contributed by atoms with E-state index in [1.165, 1.54) is 11.1 Å². The van der Waals surface area contributed by atoms with E-state index in [0.29, 0.717) is 0 Å². The van der Waals surface area contributed by atoms with Crippen LogP contribution in [0.15, 0.2) is 54.6 Å². The van der Waals surface area contributed by atoms with Crippen LogP contribution >= 0.6 is 0 Å². The summed E-state index contributed by atoms with van der Waals surface area (Å²) >= 11 is 0. The summed E-state index contributed by atoms with van der Waals surface area (Å²) in [5, 5.41) is 8.94. The fraction of sp³-hybridized carbons (Fsp3) is 0.294. The molecular formula is C17H22O. The van der Waals surface area contributed by atoms with Crippen LogP contribution in [0.3, 0.4) is 0 Å². The van der Waals surface area contributed by atoms with E-state index in [1.807, 2.05) is 32.0 Å². The molecule has 0 spiro atoms. The van der Waals surface area contributed by atoms with Crippen molar-refractivity contribution in [3.8, 4) is 0 Å². The van der Waals surface area contributed by atoms with E-state index >= 15 is 0 Å². The lowest BCUT2D eigenvalue weighted by atomic mass is 10.0. The quantitative estimate of drug-likeness (QED) is 0.859. The monoisotopic (exact) mass is 242 g/mol. The van der Waals surface area contributed by atoms with Crippen molar-refractivity contribution in [2.45, 2.75) is 33.3 Å². The minimum atomic E-state index is 0.124. The van der Waals surface area contributed by atoms with Crippen LogP contribution in [-0.4, -0.2) is 5.11 Å². The second kappa shape index (κ2) is 8.48. The number of aryl methyl sites for hydroxylation is 2. The average molecular weight is 242 g/mol. The van der Waals surface area contributed by atoms with Gasteiger partial charge in [-0.2, -0.15) is 0 Å². The van der Waals surface area contributed by atoms with Crippen LogP contribution in [0.2, 0.25) is 0 Å². The van der Waals surface area contributed by atoms with E-state index in [-0.39, 0.29) is 6.61 Å². The van der Waals surface area contributed by atoms with Gasteiger partial charge < -0.3 is 5.11 Å². The molecule has 2 aromatic carbocycles. The highest BCUT2D eigenvalue weighted by molar-refractivity contribution is 5.24. The second-order valence-corrected chi connectivity index (χ2v) is 3.96. The van der Waals surface area contributed by atoms with E-state index < -0.39 is 0 Å². The van der Waals surface area contributed by atoms with Gasteiger partial charge in [-0.15, -0.1) is 0 Å². The van der Waals surface area contributed by atoms with Gasteiger partial charge in [-0.3, -0.25) is 0 Å². The van der Waals surface area contributed by atoms with Crippen molar-refractivity contribution in [2.24, 2.45) is 0 Å². The van der Waals surface area contributed by atoms with Gasteiger partial charge in [0.05, 0.1) is 6.61 Å². The highest BCUT2D eigenvalue weighted by atomic mass is 16.3. The lowest BCUT2D eigenvalue weighted by molar-refractivity contribution is 0.282. The van der Waals surface area contributed by atoms with Crippen LogP contribution in [0, 0.1) is 0 Å². The Balaban J connectivity index is 0.000000771. The summed E-state index contributed by atoms with van der Waals surface area (Å²) in [4.78, 5) is 0. The predicted molar refractivity (Wildman–Crippen MR) is 77.6 cm³/mol. The van der Waals surface area contributed by atoms with Crippen molar-refractivity contribution in [2.75, 3.05) is 0 Å². The highest BCUT2D eigenvalue weighted by Crippen LogP contribution is 2.09. The molecule has 0 aliphatic rings. The Kier molecular flexibility index (Phi) is 6.82. The van der Waals surface area contributed by atoms with Crippen molar-refractivity contribution in [1.29, 1.82) is 0 Å². The lowest BCUT2D eigenvalue weighted by Gasteiger charge is -2.03. The lowest BCUT2D eigenvalue weighted by Crippen LogP contribution is -1.91. The van der Waals surface area contributed by atoms with E-state index in [9.17, 15) is 0 Å². The molecule has 0 atom stereocenters. The minimum absolute atomic E-state index is 0.124. The molecule has 0 aliphatic heterocycles. The molecule has 0 radical (unpaired) electrons. The molecule has 1 heteroatoms. The van der Waals surface area contributed by atoms with Crippen LogP contribution in [0.5, 0.6) is 0 Å². The van der Waals surface area contributed by atoms with Gasteiger partial charge in [0, 0.05) is 0 Å². The van der Waals surface area contributed by atoms with Crippen molar-refractivity contribution >= 4 is 0 Å². The van der Waals surface area contributed by atoms with Crippen LogP contribution in [0.1, 0.15) is 30.5 Å². The number of hydrogen-bond donors (Lipinski definition) is 1. The molecule has 0 saturated carbocycles. The zero-order valence-electron chi connectivity index (χ0n) is 11.3. The molecule has 1 N–H and O–H groups in total. The maximum Gasteiger partial charge on any atom is 0.0681 e. The Hall–Kier alpha value is -1.60. The first-order valence-electron chi connectivity index (χ1n) is 6.61. The van der Waals surface area contributed by atoms with Gasteiger partial charge in [0.25, 0.3) is 0 Å². The van der Waals surface area contributed by atoms with Crippen molar-refractivity contribution in [3.63, 3.8) is 0 Å². The number of aliphatic hydroxyl groups excluding tert-OH is 1. The Morgan fingerprint density at radius 1 is 0.667 bits per heavy atom. The smallest absolute Gasteiger partial charge is 0.0681 e. The van der Waals surface area contributed by atoms with E-state index in [0.717, 1.165) is 18.4 Å². The van der Waals surface area contributed by atoms with Crippen LogP contribution in [0.25, 0.3) is 0 Å². The topological polar surface area (TPSA) is 20.2 Å². The summed E-state index contributed by atoms with van der Waals surface area (Å²) in [6.07, 6.45) is 2.12. The molecular weight excluding hydrogens is 220 g/mol. The van der Waals surface area contributed by atoms with Gasteiger partial charge in [0.2, 0.25) is 0 Å². The Labute approximate surface area is 110 Å². The summed E-state index contributed by atoms with van der Waals surface area (Å²) < 4.78 is 0. The molecule has 2 aromatic rings. The summed E-state index contributed by atoms with van der Waals surface area (Å²) in [5.41, 5.74) is 3.67. The molecule has 0 bridgehead atoms. The number of benzene rings is 2. The zero-order valence-corrected chi connectivity index (χ0v) is 11.3. The summed E-state index contributed by atoms with van der Waals surface area (Å²) in [6.45, 7) is 4.12. The fourth-order valence-electron chi connectivity index (χ4n) is 1.74. The molecule has 0 aliphatic carbocycles. The van der Waals surface area contributed by atoms with Gasteiger partial charge in [0.1, 0.15) is 0 Å². The second-order valence-electron chi connectivity index (χ2n) is 3.96. The van der Waals surface area contributed by atoms with Crippen LogP contribution in [-0.2, 0) is 19.4 Å². The molecule has 0 unspecified atom stereocenters. The molecule has 0 heterocycles. The average Bonchev–Trinajstić information content (AvgIpc) is 2.49. The van der Waals surface area contributed by atoms with Gasteiger partial charge in [-0.25, -0.2) is 0 Å². The normalized spacial score (nSPS) is 9.50. The zero-order chi connectivity index (χ0) is 13.2. The van der Waals surface area contributed by atoms with E-state index in [4.69, 9.17) is 5.11 Å². The van der Waals surface area contributed by atoms with E-state index in [1.54, 1.807) is 0 Å². The van der Waals surface area contributed by atoms with Crippen molar-refractivity contribution < 1.29 is 5.11 Å². The third-order valence-electron chi connectivity index (χ3n) is 2.75. The summed E-state index contributed by atoms with van der Waals surface area (Å²) in [7, 11) is 0. The third-order valence-corrected chi connectivity index (χ3v) is 2.75. The maximum absolute atomic E-state index is 8.94. The Morgan fingerprint density at radius 2 is 1.11 bits per heavy atom. The van der Waals surface area contributed by atoms with Gasteiger partial charge in [0.15, 0.2) is 0 Å². The number of hydrogen-bond acceptors (Lipinski definition) is 1. The molecule has 0 saturated heterocycles. The summed E-state index contributed by atoms with van der Waals surface area (Å²) in [6, 6.07) is 18.7. The van der Waals surface area contributed by atoms with Gasteiger partial charge >= 0.3 is 0 Å². The van der Waals surface area contributed by atoms with Crippen molar-refractivity contribution in [1.82, 2.24) is 0 Å². The molecule has 0 aromatic heterocycles. The molecule has 96 valence electrons. The predicted octanol–water partition coefficient (Wildman–Crippen LogP) is 3.99. The first kappa shape index (κ1) is 14.5. The molecule has 18 heavy (non-hydrogen) atoms. The minimum Gasteiger partial charge on any atom is -0.392 e. The van der Waals surface area contributed by atoms with E-state index in [2.05, 4.69) is 36.4 Å². The van der Waals surface area contributed by atoms with Crippen molar-refractivity contribution in [3.05, 3.63) is 71.3 Å². The highest BCUT2D eigenvalue weighted by Gasteiger charge is 1.95. The Morgan fingerprint density at radius 3 is 1.61 bits per heavy atom. The van der Waals surface area contributed by atoms with Gasteiger partial charge in [-0.1, -0.05) is 68.4 Å². The van der Waals surface area contributed by atoms with Crippen LogP contribution in [0.4, 0.5) is 0 Å². The fourth-order valence-corrected chi connectivity index (χ4v) is 1.74. The molecule has 0 amide bonds. The third kappa shape index (κ3) is 4.72. The molecule has 0 fully saturated rings.